The van der Waals surface area contributed by atoms with E-state index in [1.54, 1.807) is 0 Å². The molecule has 1 aromatic carbocycles. The van der Waals surface area contributed by atoms with Gasteiger partial charge in [-0.15, -0.1) is 0 Å². The summed E-state index contributed by atoms with van der Waals surface area (Å²) in [7, 11) is 2.05. The van der Waals surface area contributed by atoms with Crippen molar-refractivity contribution in [2.45, 2.75) is 6.92 Å². The summed E-state index contributed by atoms with van der Waals surface area (Å²) < 4.78 is 2.13. The van der Waals surface area contributed by atoms with Crippen LogP contribution in [-0.4, -0.2) is 17.3 Å². The first-order valence-electron chi connectivity index (χ1n) is 4.08. The van der Waals surface area contributed by atoms with Crippen LogP contribution < -0.4 is 0 Å². The second-order valence-electron chi connectivity index (χ2n) is 3.14. The van der Waals surface area contributed by atoms with Gasteiger partial charge in [0.15, 0.2) is 5.71 Å². The van der Waals surface area contributed by atoms with Gasteiger partial charge in [0, 0.05) is 6.92 Å². The average molecular weight is 158 g/mol. The lowest BCUT2D eigenvalue weighted by molar-refractivity contribution is -0.391. The molecule has 0 atom stereocenters. The van der Waals surface area contributed by atoms with E-state index >= 15 is 0 Å². The van der Waals surface area contributed by atoms with Gasteiger partial charge in [-0.1, -0.05) is 12.1 Å². The van der Waals surface area contributed by atoms with Crippen LogP contribution in [-0.2, 0) is 0 Å². The maximum Gasteiger partial charge on any atom is 0.206 e. The minimum absolute atomic E-state index is 1.10. The summed E-state index contributed by atoms with van der Waals surface area (Å²) in [5.74, 6) is 0. The Morgan fingerprint density at radius 1 is 1.17 bits per heavy atom. The molecular weight excluding hydrogens is 146 g/mol. The quantitative estimate of drug-likeness (QED) is 0.509. The van der Waals surface area contributed by atoms with Crippen molar-refractivity contribution in [1.82, 2.24) is 0 Å². The molecule has 1 nitrogen and oxygen atoms in total. The second kappa shape index (κ2) is 2.31. The number of benzene rings is 1. The second-order valence-corrected chi connectivity index (χ2v) is 3.14. The number of rotatable bonds is 0. The van der Waals surface area contributed by atoms with Crippen molar-refractivity contribution in [2.24, 2.45) is 0 Å². The third kappa shape index (κ3) is 0.765. The molecule has 0 spiro atoms. The van der Waals surface area contributed by atoms with Gasteiger partial charge in [0.1, 0.15) is 7.05 Å². The Labute approximate surface area is 72.7 Å². The highest BCUT2D eigenvalue weighted by Crippen LogP contribution is 2.25. The summed E-state index contributed by atoms with van der Waals surface area (Å²) in [4.78, 5) is 0. The molecule has 0 saturated carbocycles. The predicted octanol–water partition coefficient (Wildman–Crippen LogP) is 2.12. The topological polar surface area (TPSA) is 3.01 Å². The number of nitrogens with zero attached hydrogens (tertiary/aromatic N) is 1. The molecule has 1 aliphatic rings. The van der Waals surface area contributed by atoms with E-state index in [0.717, 1.165) is 5.70 Å². The third-order valence-corrected chi connectivity index (χ3v) is 2.54. The molecule has 0 unspecified atom stereocenters. The number of hydrogen-bond donors (Lipinski definition) is 0. The van der Waals surface area contributed by atoms with Crippen molar-refractivity contribution in [3.05, 3.63) is 42.0 Å². The van der Waals surface area contributed by atoms with Crippen molar-refractivity contribution in [3.8, 4) is 0 Å². The molecule has 0 aromatic heterocycles. The molecule has 1 aromatic rings. The maximum atomic E-state index is 4.03. The highest BCUT2D eigenvalue weighted by Gasteiger charge is 2.26. The monoisotopic (exact) mass is 158 g/mol. The van der Waals surface area contributed by atoms with Crippen molar-refractivity contribution in [3.63, 3.8) is 0 Å². The van der Waals surface area contributed by atoms with Crippen LogP contribution in [0.1, 0.15) is 18.1 Å². The molecular formula is C11H12N+. The van der Waals surface area contributed by atoms with Gasteiger partial charge >= 0.3 is 0 Å². The van der Waals surface area contributed by atoms with Gasteiger partial charge in [0.2, 0.25) is 5.70 Å². The molecule has 0 radical (unpaired) electrons. The van der Waals surface area contributed by atoms with E-state index in [-0.39, 0.29) is 0 Å². The first kappa shape index (κ1) is 7.29. The lowest BCUT2D eigenvalue weighted by Crippen LogP contribution is -2.04. The van der Waals surface area contributed by atoms with Crippen LogP contribution in [0.3, 0.4) is 0 Å². The molecule has 60 valence electrons. The van der Waals surface area contributed by atoms with Crippen LogP contribution in [0.5, 0.6) is 0 Å². The largest absolute Gasteiger partial charge is 0.206 e. The third-order valence-electron chi connectivity index (χ3n) is 2.54. The summed E-state index contributed by atoms with van der Waals surface area (Å²) >= 11 is 0. The highest BCUT2D eigenvalue weighted by atomic mass is 15.0. The zero-order chi connectivity index (χ0) is 8.72. The summed E-state index contributed by atoms with van der Waals surface area (Å²) in [6.45, 7) is 6.15. The van der Waals surface area contributed by atoms with Gasteiger partial charge in [-0.05, 0) is 18.7 Å². The van der Waals surface area contributed by atoms with E-state index in [9.17, 15) is 0 Å². The van der Waals surface area contributed by atoms with E-state index in [2.05, 4.69) is 49.4 Å². The molecule has 0 saturated heterocycles. The minimum Gasteiger partial charge on any atom is -0.198 e. The average Bonchev–Trinajstić information content (AvgIpc) is 2.33. The van der Waals surface area contributed by atoms with Crippen LogP contribution in [0.15, 0.2) is 30.8 Å². The van der Waals surface area contributed by atoms with E-state index in [1.807, 2.05) is 0 Å². The molecule has 1 heterocycles. The van der Waals surface area contributed by atoms with Gasteiger partial charge in [-0.3, -0.25) is 0 Å². The molecule has 12 heavy (non-hydrogen) atoms. The Balaban J connectivity index is 2.73. The summed E-state index contributed by atoms with van der Waals surface area (Å²) in [5.41, 5.74) is 4.96. The van der Waals surface area contributed by atoms with E-state index in [0.29, 0.717) is 0 Å². The Hall–Kier alpha value is -1.37. The predicted molar refractivity (Wildman–Crippen MR) is 51.4 cm³/mol. The van der Waals surface area contributed by atoms with Crippen molar-refractivity contribution >= 4 is 11.4 Å². The van der Waals surface area contributed by atoms with Crippen LogP contribution in [0.4, 0.5) is 0 Å². The summed E-state index contributed by atoms with van der Waals surface area (Å²) in [5, 5.41) is 0. The summed E-state index contributed by atoms with van der Waals surface area (Å²) in [6, 6.07) is 8.37. The molecule has 1 heteroatoms. The summed E-state index contributed by atoms with van der Waals surface area (Å²) in [6.07, 6.45) is 0. The fourth-order valence-corrected chi connectivity index (χ4v) is 1.61. The lowest BCUT2D eigenvalue weighted by Gasteiger charge is -1.91. The molecule has 0 amide bonds. The normalized spacial score (nSPS) is 15.3. The van der Waals surface area contributed by atoms with Crippen molar-refractivity contribution < 1.29 is 4.58 Å². The molecule has 0 bridgehead atoms. The SMILES string of the molecule is C=C1c2ccccc2C(C)=[N+]1C. The van der Waals surface area contributed by atoms with Crippen molar-refractivity contribution in [2.75, 3.05) is 7.05 Å². The number of hydrogen-bond acceptors (Lipinski definition) is 0. The molecule has 0 fully saturated rings. The van der Waals surface area contributed by atoms with Crippen molar-refractivity contribution in [1.29, 1.82) is 0 Å². The minimum atomic E-state index is 1.10. The Kier molecular flexibility index (Phi) is 1.40. The zero-order valence-corrected chi connectivity index (χ0v) is 7.46. The van der Waals surface area contributed by atoms with Gasteiger partial charge in [0.25, 0.3) is 0 Å². The zero-order valence-electron chi connectivity index (χ0n) is 7.46. The van der Waals surface area contributed by atoms with E-state index in [1.165, 1.54) is 16.8 Å². The van der Waals surface area contributed by atoms with Gasteiger partial charge in [0.05, 0.1) is 11.1 Å². The van der Waals surface area contributed by atoms with Gasteiger partial charge in [-0.2, -0.15) is 4.58 Å². The number of fused-ring (bicyclic) bond motifs is 1. The van der Waals surface area contributed by atoms with E-state index in [4.69, 9.17) is 0 Å². The van der Waals surface area contributed by atoms with Crippen LogP contribution in [0, 0.1) is 0 Å². The van der Waals surface area contributed by atoms with Gasteiger partial charge in [-0.25, -0.2) is 0 Å². The fraction of sp³-hybridized carbons (Fsp3) is 0.182. The Morgan fingerprint density at radius 2 is 1.75 bits per heavy atom. The smallest absolute Gasteiger partial charge is 0.198 e. The first-order valence-corrected chi connectivity index (χ1v) is 4.08. The molecule has 1 aliphatic heterocycles. The first-order chi connectivity index (χ1) is 5.72. The highest BCUT2D eigenvalue weighted by molar-refractivity contribution is 6.03. The molecule has 2 rings (SSSR count). The van der Waals surface area contributed by atoms with Crippen LogP contribution in [0.2, 0.25) is 0 Å². The Morgan fingerprint density at radius 3 is 2.33 bits per heavy atom. The Bertz CT molecular complexity index is 386. The molecule has 0 aliphatic carbocycles. The van der Waals surface area contributed by atoms with Crippen LogP contribution >= 0.6 is 0 Å². The van der Waals surface area contributed by atoms with Crippen LogP contribution in [0.25, 0.3) is 5.70 Å². The molecule has 0 N–H and O–H groups in total. The fourth-order valence-electron chi connectivity index (χ4n) is 1.61. The standard InChI is InChI=1S/C11H12N/c1-8-10-6-4-5-7-11(10)9(2)12(8)3/h4-7H,1H2,2-3H3/q+1. The lowest BCUT2D eigenvalue weighted by atomic mass is 10.1. The van der Waals surface area contributed by atoms with Gasteiger partial charge < -0.3 is 0 Å². The van der Waals surface area contributed by atoms with E-state index < -0.39 is 0 Å². The maximum absolute atomic E-state index is 4.03.